The van der Waals surface area contributed by atoms with Crippen LogP contribution in [0.1, 0.15) is 19.3 Å². The van der Waals surface area contributed by atoms with E-state index in [4.69, 9.17) is 0 Å². The highest BCUT2D eigenvalue weighted by atomic mass is 19.1. The highest BCUT2D eigenvalue weighted by molar-refractivity contribution is 5.58. The lowest BCUT2D eigenvalue weighted by molar-refractivity contribution is 0.0358. The smallest absolute Gasteiger partial charge is 0.437 e. The van der Waals surface area contributed by atoms with Crippen LogP contribution in [0.4, 0.5) is 9.18 Å². The second-order valence-corrected chi connectivity index (χ2v) is 1.91. The predicted octanol–water partition coefficient (Wildman–Crippen LogP) is 1.64. The molecular formula is C5H7FO2. The summed E-state index contributed by atoms with van der Waals surface area (Å²) < 4.78 is 15.5. The van der Waals surface area contributed by atoms with Crippen molar-refractivity contribution in [3.8, 4) is 0 Å². The summed E-state index contributed by atoms with van der Waals surface area (Å²) in [7, 11) is 0. The van der Waals surface area contributed by atoms with E-state index < -0.39 is 6.22 Å². The molecule has 0 spiro atoms. The topological polar surface area (TPSA) is 26.3 Å². The fraction of sp³-hybridized carbons (Fsp3) is 0.800. The van der Waals surface area contributed by atoms with Crippen LogP contribution >= 0.6 is 0 Å². The second-order valence-electron chi connectivity index (χ2n) is 1.91. The first-order valence-corrected chi connectivity index (χ1v) is 2.65. The predicted molar refractivity (Wildman–Crippen MR) is 25.2 cm³/mol. The Kier molecular flexibility index (Phi) is 1.46. The fourth-order valence-electron chi connectivity index (χ4n) is 0.620. The zero-order chi connectivity index (χ0) is 5.98. The summed E-state index contributed by atoms with van der Waals surface area (Å²) in [5, 5.41) is 0. The molecule has 0 heterocycles. The molecule has 1 fully saturated rings. The zero-order valence-corrected chi connectivity index (χ0v) is 4.39. The van der Waals surface area contributed by atoms with Crippen LogP contribution in [0.3, 0.4) is 0 Å². The maximum Gasteiger partial charge on any atom is 0.495 e. The molecule has 0 radical (unpaired) electrons. The third-order valence-corrected chi connectivity index (χ3v) is 1.31. The Labute approximate surface area is 46.6 Å². The first-order chi connectivity index (χ1) is 3.79. The molecule has 0 aromatic rings. The molecule has 0 saturated heterocycles. The molecule has 0 N–H and O–H groups in total. The van der Waals surface area contributed by atoms with Crippen molar-refractivity contribution in [3.05, 3.63) is 0 Å². The van der Waals surface area contributed by atoms with E-state index in [9.17, 15) is 9.18 Å². The van der Waals surface area contributed by atoms with Crippen molar-refractivity contribution in [3.63, 3.8) is 0 Å². The molecule has 3 heteroatoms. The Hall–Kier alpha value is -0.600. The number of ether oxygens (including phenoxy) is 1. The van der Waals surface area contributed by atoms with Crippen molar-refractivity contribution < 1.29 is 13.9 Å². The summed E-state index contributed by atoms with van der Waals surface area (Å²) in [6, 6.07) is 0. The van der Waals surface area contributed by atoms with Crippen LogP contribution in [0.25, 0.3) is 0 Å². The number of hydrogen-bond acceptors (Lipinski definition) is 2. The SMILES string of the molecule is O=C(F)OC1CCC1. The van der Waals surface area contributed by atoms with Crippen molar-refractivity contribution in [2.24, 2.45) is 0 Å². The Morgan fingerprint density at radius 3 is 2.38 bits per heavy atom. The average molecular weight is 118 g/mol. The highest BCUT2D eigenvalue weighted by Gasteiger charge is 2.20. The van der Waals surface area contributed by atoms with Crippen molar-refractivity contribution in [1.29, 1.82) is 0 Å². The van der Waals surface area contributed by atoms with Gasteiger partial charge in [-0.1, -0.05) is 0 Å². The van der Waals surface area contributed by atoms with E-state index >= 15 is 0 Å². The Morgan fingerprint density at radius 1 is 1.62 bits per heavy atom. The van der Waals surface area contributed by atoms with Crippen LogP contribution in [0.5, 0.6) is 0 Å². The lowest BCUT2D eigenvalue weighted by Gasteiger charge is -2.22. The summed E-state index contributed by atoms with van der Waals surface area (Å²) >= 11 is 0. The van der Waals surface area contributed by atoms with Gasteiger partial charge >= 0.3 is 6.22 Å². The van der Waals surface area contributed by atoms with E-state index in [-0.39, 0.29) is 6.10 Å². The second kappa shape index (κ2) is 2.11. The molecule has 1 aliphatic rings. The summed E-state index contributed by atoms with van der Waals surface area (Å²) in [6.07, 6.45) is 0.950. The molecule has 1 aliphatic carbocycles. The van der Waals surface area contributed by atoms with Gasteiger partial charge in [-0.15, -0.1) is 4.39 Å². The summed E-state index contributed by atoms with van der Waals surface area (Å²) in [6.45, 7) is 0. The van der Waals surface area contributed by atoms with Crippen LogP contribution in [0, 0.1) is 0 Å². The summed E-state index contributed by atoms with van der Waals surface area (Å²) in [5.74, 6) is 0. The number of carbonyl (C=O) groups excluding carboxylic acids is 1. The quantitative estimate of drug-likeness (QED) is 0.489. The first-order valence-electron chi connectivity index (χ1n) is 2.65. The molecule has 0 unspecified atom stereocenters. The molecule has 0 atom stereocenters. The van der Waals surface area contributed by atoms with Gasteiger partial charge in [0.15, 0.2) is 0 Å². The summed E-state index contributed by atoms with van der Waals surface area (Å²) in [4.78, 5) is 9.56. The van der Waals surface area contributed by atoms with Gasteiger partial charge in [0, 0.05) is 0 Å². The Morgan fingerprint density at radius 2 is 2.25 bits per heavy atom. The molecule has 46 valence electrons. The molecule has 1 rings (SSSR count). The molecule has 2 nitrogen and oxygen atoms in total. The Balaban J connectivity index is 2.09. The van der Waals surface area contributed by atoms with E-state index in [2.05, 4.69) is 4.74 Å². The lowest BCUT2D eigenvalue weighted by atomic mass is 9.96. The van der Waals surface area contributed by atoms with E-state index in [0.29, 0.717) is 0 Å². The van der Waals surface area contributed by atoms with Gasteiger partial charge in [0.25, 0.3) is 0 Å². The Bertz CT molecular complexity index is 98.6. The average Bonchev–Trinajstić information content (AvgIpc) is 1.55. The van der Waals surface area contributed by atoms with Gasteiger partial charge in [-0.05, 0) is 19.3 Å². The minimum atomic E-state index is -1.64. The van der Waals surface area contributed by atoms with E-state index in [0.717, 1.165) is 19.3 Å². The van der Waals surface area contributed by atoms with Gasteiger partial charge in [0.05, 0.1) is 0 Å². The van der Waals surface area contributed by atoms with Crippen molar-refractivity contribution >= 4 is 6.22 Å². The monoisotopic (exact) mass is 118 g/mol. The molecule has 0 amide bonds. The number of rotatable bonds is 1. The standard InChI is InChI=1S/C5H7FO2/c6-5(7)8-4-2-1-3-4/h4H,1-3H2. The summed E-state index contributed by atoms with van der Waals surface area (Å²) in [5.41, 5.74) is 0. The van der Waals surface area contributed by atoms with Crippen molar-refractivity contribution in [2.45, 2.75) is 25.4 Å². The first kappa shape index (κ1) is 5.54. The third-order valence-electron chi connectivity index (χ3n) is 1.31. The van der Waals surface area contributed by atoms with Gasteiger partial charge < -0.3 is 4.74 Å². The van der Waals surface area contributed by atoms with Crippen LogP contribution in [0.15, 0.2) is 0 Å². The minimum Gasteiger partial charge on any atom is -0.437 e. The van der Waals surface area contributed by atoms with Gasteiger partial charge in [-0.3, -0.25) is 0 Å². The van der Waals surface area contributed by atoms with Crippen molar-refractivity contribution in [1.82, 2.24) is 0 Å². The maximum absolute atomic E-state index is 11.3. The highest BCUT2D eigenvalue weighted by Crippen LogP contribution is 2.21. The molecule has 0 aliphatic heterocycles. The van der Waals surface area contributed by atoms with Gasteiger partial charge in [-0.25, -0.2) is 4.79 Å². The fourth-order valence-corrected chi connectivity index (χ4v) is 0.620. The zero-order valence-electron chi connectivity index (χ0n) is 4.39. The van der Waals surface area contributed by atoms with Gasteiger partial charge in [0.1, 0.15) is 6.10 Å². The molecule has 0 aromatic heterocycles. The van der Waals surface area contributed by atoms with Crippen LogP contribution in [-0.2, 0) is 4.74 Å². The van der Waals surface area contributed by atoms with Crippen LogP contribution < -0.4 is 0 Å². The number of halogens is 1. The molecule has 8 heavy (non-hydrogen) atoms. The molecule has 0 aromatic carbocycles. The van der Waals surface area contributed by atoms with Crippen LogP contribution in [0.2, 0.25) is 0 Å². The maximum atomic E-state index is 11.3. The van der Waals surface area contributed by atoms with Gasteiger partial charge in [0.2, 0.25) is 0 Å². The van der Waals surface area contributed by atoms with E-state index in [1.807, 2.05) is 0 Å². The molecule has 1 saturated carbocycles. The van der Waals surface area contributed by atoms with Crippen molar-refractivity contribution in [2.75, 3.05) is 0 Å². The minimum absolute atomic E-state index is 0.118. The van der Waals surface area contributed by atoms with Crippen LogP contribution in [-0.4, -0.2) is 12.3 Å². The largest absolute Gasteiger partial charge is 0.495 e. The lowest BCUT2D eigenvalue weighted by Crippen LogP contribution is -2.22. The van der Waals surface area contributed by atoms with E-state index in [1.165, 1.54) is 0 Å². The third kappa shape index (κ3) is 1.18. The molecular weight excluding hydrogens is 111 g/mol. The van der Waals surface area contributed by atoms with Gasteiger partial charge in [-0.2, -0.15) is 0 Å². The number of carbonyl (C=O) groups is 1. The normalized spacial score (nSPS) is 19.6. The van der Waals surface area contributed by atoms with E-state index in [1.54, 1.807) is 0 Å². The molecule has 0 bridgehead atoms. The number of hydrogen-bond donors (Lipinski definition) is 0.